The molecule has 0 bridgehead atoms. The van der Waals surface area contributed by atoms with Crippen molar-refractivity contribution in [2.24, 2.45) is 0 Å². The van der Waals surface area contributed by atoms with Crippen LogP contribution in [0.5, 0.6) is 0 Å². The monoisotopic (exact) mass is 635 g/mol. The molecule has 0 fully saturated rings. The molecule has 12 nitrogen and oxygen atoms in total. The van der Waals surface area contributed by atoms with Gasteiger partial charge in [0, 0.05) is 37.9 Å². The molecule has 0 spiro atoms. The van der Waals surface area contributed by atoms with Gasteiger partial charge in [0.25, 0.3) is 5.91 Å². The number of carboxylic acids is 1. The summed E-state index contributed by atoms with van der Waals surface area (Å²) < 4.78 is 0. The summed E-state index contributed by atoms with van der Waals surface area (Å²) in [6.07, 6.45) is 6.02. The number of unbranched alkanes of at least 4 members (excludes halogenated alkanes) is 2. The second-order valence-corrected chi connectivity index (χ2v) is 11.4. The number of hydrogen-bond acceptors (Lipinski definition) is 8. The van der Waals surface area contributed by atoms with Gasteiger partial charge in [0.05, 0.1) is 6.54 Å². The number of benzene rings is 1. The normalized spacial score (nSPS) is 12.1. The Morgan fingerprint density at radius 2 is 1.52 bits per heavy atom. The van der Waals surface area contributed by atoms with Crippen LogP contribution in [-0.4, -0.2) is 84.2 Å². The van der Waals surface area contributed by atoms with Crippen LogP contribution >= 0.6 is 11.8 Å². The van der Waals surface area contributed by atoms with Gasteiger partial charge in [-0.1, -0.05) is 26.0 Å². The Morgan fingerprint density at radius 3 is 2.16 bits per heavy atom. The molecule has 6 N–H and O–H groups in total. The Balaban J connectivity index is 2.47. The summed E-state index contributed by atoms with van der Waals surface area (Å²) in [7, 11) is 0. The van der Waals surface area contributed by atoms with Crippen LogP contribution in [0.4, 0.5) is 0 Å². The van der Waals surface area contributed by atoms with Gasteiger partial charge < -0.3 is 31.7 Å². The first-order chi connectivity index (χ1) is 21.1. The lowest BCUT2D eigenvalue weighted by Crippen LogP contribution is -2.51. The fourth-order valence-electron chi connectivity index (χ4n) is 4.16. The second-order valence-electron chi connectivity index (χ2n) is 10.4. The predicted octanol–water partition coefficient (Wildman–Crippen LogP) is 2.16. The molecule has 246 valence electrons. The first kappa shape index (κ1) is 38.6. The summed E-state index contributed by atoms with van der Waals surface area (Å²) in [5.41, 5.74) is 1.44. The lowest BCUT2D eigenvalue weighted by Gasteiger charge is -2.19. The van der Waals surface area contributed by atoms with E-state index in [1.807, 2.05) is 32.2 Å². The van der Waals surface area contributed by atoms with Crippen molar-refractivity contribution in [3.8, 4) is 0 Å². The average Bonchev–Trinajstić information content (AvgIpc) is 3.01. The molecule has 13 heteroatoms. The van der Waals surface area contributed by atoms with E-state index < -0.39 is 42.3 Å². The number of Topliss-reactive ketones (excluding diaryl/α,β-unsaturated/α-hetero) is 1. The number of hydrogen-bond donors (Lipinski definition) is 6. The van der Waals surface area contributed by atoms with Gasteiger partial charge in [-0.25, -0.2) is 4.79 Å². The first-order valence-electron chi connectivity index (χ1n) is 15.3. The fourth-order valence-corrected chi connectivity index (χ4v) is 4.63. The van der Waals surface area contributed by atoms with Crippen LogP contribution in [0.15, 0.2) is 24.3 Å². The van der Waals surface area contributed by atoms with Gasteiger partial charge in [-0.2, -0.15) is 11.8 Å². The molecule has 0 saturated heterocycles. The minimum Gasteiger partial charge on any atom is -0.480 e. The third-order valence-corrected chi connectivity index (χ3v) is 7.47. The van der Waals surface area contributed by atoms with Gasteiger partial charge in [-0.15, -0.1) is 0 Å². The molecule has 1 aromatic rings. The molecule has 2 atom stereocenters. The number of nitrogens with one attached hydrogen (secondary N) is 5. The SMILES string of the molecule is CCNCc1ccc(C(=O)NC(CCSC)C(=O)NCC(=O)NC(CCCCNC(=O)CCCCC(=O)CC)C(=O)O)cc1. The second kappa shape index (κ2) is 23.0. The fraction of sp³-hybridized carbons (Fsp3) is 0.613. The van der Waals surface area contributed by atoms with E-state index in [0.29, 0.717) is 75.8 Å². The standard InChI is InChI=1S/C31H49N5O7S/c1-4-24(37)10-6-7-12-27(38)33-18-9-8-11-26(31(42)43)35-28(39)21-34-30(41)25(17-19-44-3)36-29(40)23-15-13-22(14-16-23)20-32-5-2/h13-16,25-26,32H,4-12,17-21H2,1-3H3,(H,33,38)(H,34,41)(H,35,39)(H,36,40)(H,42,43). The Kier molecular flexibility index (Phi) is 20.2. The van der Waals surface area contributed by atoms with E-state index in [9.17, 15) is 33.9 Å². The summed E-state index contributed by atoms with van der Waals surface area (Å²) in [6, 6.07) is 5.06. The third-order valence-electron chi connectivity index (χ3n) is 6.83. The van der Waals surface area contributed by atoms with Gasteiger partial charge in [0.2, 0.25) is 17.7 Å². The van der Waals surface area contributed by atoms with Crippen molar-refractivity contribution >= 4 is 47.1 Å². The maximum atomic E-state index is 12.8. The summed E-state index contributed by atoms with van der Waals surface area (Å²) in [5.74, 6) is -2.12. The van der Waals surface area contributed by atoms with Crippen LogP contribution < -0.4 is 26.6 Å². The summed E-state index contributed by atoms with van der Waals surface area (Å²) in [5, 5.41) is 23.2. The van der Waals surface area contributed by atoms with E-state index in [2.05, 4.69) is 26.6 Å². The van der Waals surface area contributed by atoms with Crippen molar-refractivity contribution in [1.29, 1.82) is 0 Å². The van der Waals surface area contributed by atoms with Crippen LogP contribution in [0.3, 0.4) is 0 Å². The molecule has 44 heavy (non-hydrogen) atoms. The predicted molar refractivity (Wildman–Crippen MR) is 171 cm³/mol. The maximum Gasteiger partial charge on any atom is 0.326 e. The third kappa shape index (κ3) is 17.0. The van der Waals surface area contributed by atoms with Gasteiger partial charge in [-0.3, -0.25) is 24.0 Å². The van der Waals surface area contributed by atoms with Crippen molar-refractivity contribution in [3.63, 3.8) is 0 Å². The van der Waals surface area contributed by atoms with Crippen LogP contribution in [0.1, 0.15) is 87.6 Å². The number of aliphatic carboxylic acids is 1. The zero-order valence-electron chi connectivity index (χ0n) is 26.2. The van der Waals surface area contributed by atoms with Crippen molar-refractivity contribution in [1.82, 2.24) is 26.6 Å². The molecule has 0 aliphatic rings. The van der Waals surface area contributed by atoms with Gasteiger partial charge in [0.1, 0.15) is 17.9 Å². The topological polar surface area (TPSA) is 183 Å². The van der Waals surface area contributed by atoms with Crippen LogP contribution in [0, 0.1) is 0 Å². The highest BCUT2D eigenvalue weighted by atomic mass is 32.2. The number of rotatable bonds is 24. The molecule has 0 aliphatic heterocycles. The molecule has 1 rings (SSSR count). The van der Waals surface area contributed by atoms with Crippen LogP contribution in [-0.2, 0) is 30.5 Å². The molecule has 0 heterocycles. The highest BCUT2D eigenvalue weighted by Gasteiger charge is 2.23. The maximum absolute atomic E-state index is 12.8. The number of carbonyl (C=O) groups is 6. The number of carboxylic acid groups (broad SMARTS) is 1. The minimum atomic E-state index is -1.20. The smallest absolute Gasteiger partial charge is 0.326 e. The number of amides is 4. The van der Waals surface area contributed by atoms with E-state index in [1.54, 1.807) is 12.1 Å². The van der Waals surface area contributed by atoms with Crippen molar-refractivity contribution < 1.29 is 33.9 Å². The van der Waals surface area contributed by atoms with Gasteiger partial charge in [-0.05, 0) is 74.8 Å². The molecular formula is C31H49N5O7S. The molecule has 0 aromatic heterocycles. The summed E-state index contributed by atoms with van der Waals surface area (Å²) in [4.78, 5) is 73.0. The van der Waals surface area contributed by atoms with E-state index in [4.69, 9.17) is 0 Å². The van der Waals surface area contributed by atoms with Gasteiger partial charge >= 0.3 is 5.97 Å². The zero-order chi connectivity index (χ0) is 32.7. The van der Waals surface area contributed by atoms with Crippen molar-refractivity contribution in [2.75, 3.05) is 31.6 Å². The lowest BCUT2D eigenvalue weighted by atomic mass is 10.1. The summed E-state index contributed by atoms with van der Waals surface area (Å²) in [6.45, 7) is 5.28. The average molecular weight is 636 g/mol. The van der Waals surface area contributed by atoms with Crippen LogP contribution in [0.25, 0.3) is 0 Å². The molecule has 0 saturated carbocycles. The highest BCUT2D eigenvalue weighted by molar-refractivity contribution is 7.98. The van der Waals surface area contributed by atoms with Crippen LogP contribution in [0.2, 0.25) is 0 Å². The molecule has 0 aliphatic carbocycles. The summed E-state index contributed by atoms with van der Waals surface area (Å²) >= 11 is 1.52. The zero-order valence-corrected chi connectivity index (χ0v) is 27.0. The van der Waals surface area contributed by atoms with E-state index in [1.165, 1.54) is 11.8 Å². The molecule has 1 aromatic carbocycles. The Bertz CT molecular complexity index is 1070. The number of ketones is 1. The Hall–Kier alpha value is -3.45. The Morgan fingerprint density at radius 1 is 0.818 bits per heavy atom. The lowest BCUT2D eigenvalue weighted by molar-refractivity contribution is -0.142. The highest BCUT2D eigenvalue weighted by Crippen LogP contribution is 2.08. The van der Waals surface area contributed by atoms with Gasteiger partial charge in [0.15, 0.2) is 0 Å². The largest absolute Gasteiger partial charge is 0.480 e. The molecule has 4 amide bonds. The molecule has 0 radical (unpaired) electrons. The quantitative estimate of drug-likeness (QED) is 0.0927. The molecular weight excluding hydrogens is 586 g/mol. The van der Waals surface area contributed by atoms with E-state index >= 15 is 0 Å². The van der Waals surface area contributed by atoms with Crippen molar-refractivity contribution in [2.45, 2.75) is 90.3 Å². The number of thioether (sulfide) groups is 1. The van der Waals surface area contributed by atoms with E-state index in [0.717, 1.165) is 12.1 Å². The van der Waals surface area contributed by atoms with E-state index in [-0.39, 0.29) is 18.1 Å². The minimum absolute atomic E-state index is 0.113. The first-order valence-corrected chi connectivity index (χ1v) is 16.7. The Labute approximate surface area is 264 Å². The van der Waals surface area contributed by atoms with Crippen molar-refractivity contribution in [3.05, 3.63) is 35.4 Å². The number of carbonyl (C=O) groups excluding carboxylic acids is 5. The molecule has 2 unspecified atom stereocenters.